The van der Waals surface area contributed by atoms with Crippen LogP contribution in [0.1, 0.15) is 19.0 Å². The molecule has 2 aromatic heterocycles. The maximum absolute atomic E-state index is 13.0. The van der Waals surface area contributed by atoms with Crippen molar-refractivity contribution in [2.45, 2.75) is 25.8 Å². The number of amides is 1. The van der Waals surface area contributed by atoms with Crippen LogP contribution in [0.3, 0.4) is 0 Å². The summed E-state index contributed by atoms with van der Waals surface area (Å²) in [5, 5.41) is 12.4. The maximum atomic E-state index is 13.0. The van der Waals surface area contributed by atoms with Crippen LogP contribution in [0.2, 0.25) is 0 Å². The predicted octanol–water partition coefficient (Wildman–Crippen LogP) is 3.09. The normalized spacial score (nSPS) is 16.5. The second-order valence-corrected chi connectivity index (χ2v) is 6.96. The van der Waals surface area contributed by atoms with Gasteiger partial charge in [0.15, 0.2) is 0 Å². The zero-order chi connectivity index (χ0) is 19.7. The van der Waals surface area contributed by atoms with Crippen LogP contribution in [0.4, 0.5) is 10.5 Å². The number of nitrogens with zero attached hydrogens (tertiary/aromatic N) is 3. The highest BCUT2D eigenvalue weighted by Gasteiger charge is 2.25. The number of aryl methyl sites for hydroxylation is 1. The van der Waals surface area contributed by atoms with E-state index < -0.39 is 6.09 Å². The van der Waals surface area contributed by atoms with Crippen molar-refractivity contribution in [3.05, 3.63) is 64.7 Å². The smallest absolute Gasteiger partial charge is 0.407 e. The number of nitrogens with one attached hydrogen (secondary N) is 1. The largest absolute Gasteiger partial charge is 0.465 e. The lowest BCUT2D eigenvalue weighted by molar-refractivity contribution is 0.155. The number of benzene rings is 1. The molecule has 28 heavy (non-hydrogen) atoms. The van der Waals surface area contributed by atoms with Gasteiger partial charge < -0.3 is 15.3 Å². The molecule has 1 unspecified atom stereocenters. The summed E-state index contributed by atoms with van der Waals surface area (Å²) in [6.45, 7) is 3.02. The molecule has 2 N–H and O–H groups in total. The maximum Gasteiger partial charge on any atom is 0.407 e. The number of aromatic nitrogens is 2. The van der Waals surface area contributed by atoms with Gasteiger partial charge in [-0.1, -0.05) is 25.1 Å². The number of hydrogen-bond donors (Lipinski definition) is 2. The number of carboxylic acid groups (broad SMARTS) is 1. The molecule has 0 aliphatic carbocycles. The summed E-state index contributed by atoms with van der Waals surface area (Å²) in [6, 6.07) is 13.3. The Morgan fingerprint density at radius 1 is 1.25 bits per heavy atom. The van der Waals surface area contributed by atoms with Crippen LogP contribution in [-0.2, 0) is 6.42 Å². The van der Waals surface area contributed by atoms with Crippen molar-refractivity contribution in [2.75, 3.05) is 18.4 Å². The minimum absolute atomic E-state index is 0.0731. The first kappa shape index (κ1) is 18.0. The average molecular weight is 378 g/mol. The molecule has 3 aromatic rings. The van der Waals surface area contributed by atoms with E-state index in [4.69, 9.17) is 5.11 Å². The lowest BCUT2D eigenvalue weighted by atomic mass is 10.0. The standard InChI is InChI=1S/C21H22N4O3/c1-2-17-19(20(26)25-11-4-3-5-18(25)23-17)14-6-8-15(9-7-14)22-16-10-12-24(13-16)21(27)28/h3-9,11,16,22H,2,10,12-13H2,1H3,(H,27,28). The summed E-state index contributed by atoms with van der Waals surface area (Å²) < 4.78 is 1.57. The Bertz CT molecular complexity index is 1080. The number of anilines is 1. The van der Waals surface area contributed by atoms with Crippen LogP contribution in [0.5, 0.6) is 0 Å². The number of fused-ring (bicyclic) bond motifs is 1. The van der Waals surface area contributed by atoms with Gasteiger partial charge in [0, 0.05) is 31.0 Å². The van der Waals surface area contributed by atoms with Gasteiger partial charge in [-0.2, -0.15) is 0 Å². The number of rotatable bonds is 4. The van der Waals surface area contributed by atoms with Crippen molar-refractivity contribution >= 4 is 17.4 Å². The van der Waals surface area contributed by atoms with Crippen molar-refractivity contribution in [3.8, 4) is 11.1 Å². The Labute approximate surface area is 162 Å². The van der Waals surface area contributed by atoms with E-state index in [0.29, 0.717) is 30.7 Å². The summed E-state index contributed by atoms with van der Waals surface area (Å²) in [5.41, 5.74) is 3.72. The quantitative estimate of drug-likeness (QED) is 0.729. The first-order valence-corrected chi connectivity index (χ1v) is 9.42. The minimum atomic E-state index is -0.879. The Morgan fingerprint density at radius 3 is 2.71 bits per heavy atom. The highest BCUT2D eigenvalue weighted by molar-refractivity contribution is 5.69. The van der Waals surface area contributed by atoms with Crippen LogP contribution in [0.25, 0.3) is 16.8 Å². The molecule has 4 rings (SSSR count). The monoisotopic (exact) mass is 378 g/mol. The molecule has 1 atom stereocenters. The van der Waals surface area contributed by atoms with Gasteiger partial charge >= 0.3 is 6.09 Å². The fourth-order valence-electron chi connectivity index (χ4n) is 3.70. The molecule has 0 bridgehead atoms. The summed E-state index contributed by atoms with van der Waals surface area (Å²) in [5.74, 6) is 0. The predicted molar refractivity (Wildman–Crippen MR) is 108 cm³/mol. The van der Waals surface area contributed by atoms with E-state index in [1.54, 1.807) is 10.6 Å². The van der Waals surface area contributed by atoms with Crippen molar-refractivity contribution in [1.29, 1.82) is 0 Å². The highest BCUT2D eigenvalue weighted by atomic mass is 16.4. The number of hydrogen-bond acceptors (Lipinski definition) is 4. The first-order valence-electron chi connectivity index (χ1n) is 9.42. The second kappa shape index (κ2) is 7.34. The average Bonchev–Trinajstić information content (AvgIpc) is 3.17. The van der Waals surface area contributed by atoms with Gasteiger partial charge in [0.25, 0.3) is 5.56 Å². The van der Waals surface area contributed by atoms with Crippen LogP contribution in [0, 0.1) is 0 Å². The Hall–Kier alpha value is -3.35. The van der Waals surface area contributed by atoms with E-state index in [1.165, 1.54) is 4.90 Å². The van der Waals surface area contributed by atoms with Gasteiger partial charge in [-0.15, -0.1) is 0 Å². The van der Waals surface area contributed by atoms with Crippen molar-refractivity contribution in [1.82, 2.24) is 14.3 Å². The highest BCUT2D eigenvalue weighted by Crippen LogP contribution is 2.23. The summed E-state index contributed by atoms with van der Waals surface area (Å²) in [7, 11) is 0. The lowest BCUT2D eigenvalue weighted by Crippen LogP contribution is -2.30. The van der Waals surface area contributed by atoms with Crippen molar-refractivity contribution in [3.63, 3.8) is 0 Å². The summed E-state index contributed by atoms with van der Waals surface area (Å²) >= 11 is 0. The zero-order valence-corrected chi connectivity index (χ0v) is 15.6. The molecule has 1 aromatic carbocycles. The van der Waals surface area contributed by atoms with Gasteiger partial charge in [-0.05, 0) is 42.7 Å². The molecule has 1 aliphatic rings. The molecule has 1 fully saturated rings. The van der Waals surface area contributed by atoms with Gasteiger partial charge in [0.05, 0.1) is 11.3 Å². The third-order valence-corrected chi connectivity index (χ3v) is 5.15. The number of carbonyl (C=O) groups is 1. The molecule has 1 aliphatic heterocycles. The molecule has 144 valence electrons. The fraction of sp³-hybridized carbons (Fsp3) is 0.286. The number of pyridine rings is 1. The molecule has 1 saturated heterocycles. The van der Waals surface area contributed by atoms with Gasteiger partial charge in [-0.25, -0.2) is 9.78 Å². The first-order chi connectivity index (χ1) is 13.6. The van der Waals surface area contributed by atoms with E-state index in [1.807, 2.05) is 49.4 Å². The zero-order valence-electron chi connectivity index (χ0n) is 15.6. The third kappa shape index (κ3) is 3.31. The summed E-state index contributed by atoms with van der Waals surface area (Å²) in [6.07, 6.45) is 2.31. The van der Waals surface area contributed by atoms with Gasteiger partial charge in [0.1, 0.15) is 5.65 Å². The van der Waals surface area contributed by atoms with Crippen LogP contribution < -0.4 is 10.9 Å². The van der Waals surface area contributed by atoms with E-state index in [2.05, 4.69) is 10.3 Å². The Kier molecular flexibility index (Phi) is 4.73. The van der Waals surface area contributed by atoms with E-state index in [-0.39, 0.29) is 11.6 Å². The molecule has 7 heteroatoms. The van der Waals surface area contributed by atoms with E-state index in [0.717, 1.165) is 23.4 Å². The van der Waals surface area contributed by atoms with Crippen LogP contribution in [-0.4, -0.2) is 44.6 Å². The molecule has 1 amide bonds. The van der Waals surface area contributed by atoms with Crippen molar-refractivity contribution < 1.29 is 9.90 Å². The second-order valence-electron chi connectivity index (χ2n) is 6.96. The van der Waals surface area contributed by atoms with Crippen LogP contribution >= 0.6 is 0 Å². The molecular formula is C21H22N4O3. The third-order valence-electron chi connectivity index (χ3n) is 5.15. The molecule has 0 radical (unpaired) electrons. The summed E-state index contributed by atoms with van der Waals surface area (Å²) in [4.78, 5) is 30.1. The van der Waals surface area contributed by atoms with E-state index in [9.17, 15) is 9.59 Å². The molecule has 0 spiro atoms. The van der Waals surface area contributed by atoms with Crippen LogP contribution in [0.15, 0.2) is 53.5 Å². The topological polar surface area (TPSA) is 86.9 Å². The molecule has 0 saturated carbocycles. The number of likely N-dealkylation sites (tertiary alicyclic amines) is 1. The minimum Gasteiger partial charge on any atom is -0.465 e. The molecule has 3 heterocycles. The van der Waals surface area contributed by atoms with E-state index >= 15 is 0 Å². The van der Waals surface area contributed by atoms with Gasteiger partial charge in [0.2, 0.25) is 0 Å². The Morgan fingerprint density at radius 2 is 2.04 bits per heavy atom. The molecular weight excluding hydrogens is 356 g/mol. The van der Waals surface area contributed by atoms with Gasteiger partial charge in [-0.3, -0.25) is 9.20 Å². The Balaban J connectivity index is 1.62. The SMILES string of the molecule is CCc1nc2ccccn2c(=O)c1-c1ccc(NC2CCN(C(=O)O)C2)cc1. The van der Waals surface area contributed by atoms with Crippen molar-refractivity contribution in [2.24, 2.45) is 0 Å². The lowest BCUT2D eigenvalue weighted by Gasteiger charge is -2.15. The fourth-order valence-corrected chi connectivity index (χ4v) is 3.70. The molecule has 7 nitrogen and oxygen atoms in total.